The summed E-state index contributed by atoms with van der Waals surface area (Å²) in [6.45, 7) is 0. The van der Waals surface area contributed by atoms with Crippen molar-refractivity contribution in [1.29, 1.82) is 0 Å². The molecule has 0 unspecified atom stereocenters. The lowest BCUT2D eigenvalue weighted by atomic mass is 10.2. The average molecular weight is 247 g/mol. The maximum atomic E-state index is 4.48. The van der Waals surface area contributed by atoms with E-state index in [1.165, 1.54) is 21.8 Å². The van der Waals surface area contributed by atoms with E-state index in [1.54, 1.807) is 0 Å². The minimum absolute atomic E-state index is 0.958. The van der Waals surface area contributed by atoms with Crippen LogP contribution < -0.4 is 0 Å². The summed E-state index contributed by atoms with van der Waals surface area (Å²) < 4.78 is 4.18. The molecule has 0 spiro atoms. The lowest BCUT2D eigenvalue weighted by molar-refractivity contribution is 0.912. The molecule has 0 radical (unpaired) electrons. The van der Waals surface area contributed by atoms with Crippen molar-refractivity contribution < 1.29 is 0 Å². The van der Waals surface area contributed by atoms with Crippen molar-refractivity contribution in [2.75, 3.05) is 0 Å². The molecular weight excluding hydrogens is 234 g/mol. The molecule has 0 aliphatic heterocycles. The number of aromatic nitrogens is 3. The van der Waals surface area contributed by atoms with E-state index in [0.717, 1.165) is 5.82 Å². The molecule has 19 heavy (non-hydrogen) atoms. The van der Waals surface area contributed by atoms with Crippen LogP contribution >= 0.6 is 0 Å². The molecule has 0 saturated carbocycles. The smallest absolute Gasteiger partial charge is 0.155 e. The van der Waals surface area contributed by atoms with E-state index in [0.29, 0.717) is 0 Å². The number of fused-ring (bicyclic) bond motifs is 3. The molecule has 0 atom stereocenters. The molecule has 0 saturated heterocycles. The van der Waals surface area contributed by atoms with E-state index in [2.05, 4.69) is 58.1 Å². The van der Waals surface area contributed by atoms with Gasteiger partial charge in [0.05, 0.1) is 17.4 Å². The van der Waals surface area contributed by atoms with Gasteiger partial charge < -0.3 is 4.57 Å². The minimum atomic E-state index is 0.958. The molecule has 0 amide bonds. The topological polar surface area (TPSA) is 22.8 Å². The van der Waals surface area contributed by atoms with E-state index in [9.17, 15) is 0 Å². The molecule has 0 aliphatic rings. The zero-order chi connectivity index (χ0) is 12.8. The maximum Gasteiger partial charge on any atom is 0.155 e. The first-order chi connectivity index (χ1) is 9.34. The summed E-state index contributed by atoms with van der Waals surface area (Å²) >= 11 is 0. The number of imidazole rings is 1. The molecule has 0 N–H and O–H groups in total. The Labute approximate surface area is 110 Å². The van der Waals surface area contributed by atoms with Gasteiger partial charge in [0.2, 0.25) is 0 Å². The molecule has 3 nitrogen and oxygen atoms in total. The first-order valence-corrected chi connectivity index (χ1v) is 6.31. The Morgan fingerprint density at radius 1 is 0.842 bits per heavy atom. The predicted octanol–water partition coefficient (Wildman–Crippen LogP) is 3.52. The third-order valence-electron chi connectivity index (χ3n) is 3.50. The second-order valence-corrected chi connectivity index (χ2v) is 4.77. The predicted molar refractivity (Wildman–Crippen MR) is 77.5 cm³/mol. The lowest BCUT2D eigenvalue weighted by Gasteiger charge is -2.02. The summed E-state index contributed by atoms with van der Waals surface area (Å²) in [6.07, 6.45) is 3.87. The second-order valence-electron chi connectivity index (χ2n) is 4.77. The number of benzene rings is 2. The quantitative estimate of drug-likeness (QED) is 0.504. The highest BCUT2D eigenvalue weighted by molar-refractivity contribution is 6.08. The Hall–Kier alpha value is -2.55. The Balaban J connectivity index is 2.23. The van der Waals surface area contributed by atoms with Crippen LogP contribution in [0.3, 0.4) is 0 Å². The highest BCUT2D eigenvalue weighted by atomic mass is 15.1. The van der Waals surface area contributed by atoms with Crippen LogP contribution in [0.5, 0.6) is 0 Å². The largest absolute Gasteiger partial charge is 0.338 e. The number of para-hydroxylation sites is 2. The van der Waals surface area contributed by atoms with Gasteiger partial charge in [-0.25, -0.2) is 4.98 Å². The highest BCUT2D eigenvalue weighted by Gasteiger charge is 2.12. The average Bonchev–Trinajstić information content (AvgIpc) is 3.00. The van der Waals surface area contributed by atoms with Crippen molar-refractivity contribution in [2.24, 2.45) is 7.05 Å². The fourth-order valence-electron chi connectivity index (χ4n) is 2.68. The van der Waals surface area contributed by atoms with Gasteiger partial charge in [-0.05, 0) is 12.1 Å². The molecule has 0 aliphatic carbocycles. The first kappa shape index (κ1) is 10.4. The maximum absolute atomic E-state index is 4.48. The van der Waals surface area contributed by atoms with Gasteiger partial charge >= 0.3 is 0 Å². The van der Waals surface area contributed by atoms with Crippen molar-refractivity contribution in [3.8, 4) is 5.82 Å². The van der Waals surface area contributed by atoms with E-state index < -0.39 is 0 Å². The van der Waals surface area contributed by atoms with Gasteiger partial charge in [-0.15, -0.1) is 0 Å². The van der Waals surface area contributed by atoms with Crippen LogP contribution in [0.1, 0.15) is 0 Å². The summed E-state index contributed by atoms with van der Waals surface area (Å²) in [7, 11) is 1.99. The van der Waals surface area contributed by atoms with E-state index in [1.807, 2.05) is 24.1 Å². The zero-order valence-electron chi connectivity index (χ0n) is 10.6. The van der Waals surface area contributed by atoms with Crippen molar-refractivity contribution in [3.05, 3.63) is 61.1 Å². The fourth-order valence-corrected chi connectivity index (χ4v) is 2.68. The van der Waals surface area contributed by atoms with Gasteiger partial charge in [0, 0.05) is 24.0 Å². The van der Waals surface area contributed by atoms with Crippen LogP contribution in [0.15, 0.2) is 61.1 Å². The van der Waals surface area contributed by atoms with Crippen molar-refractivity contribution in [3.63, 3.8) is 0 Å². The molecule has 0 bridgehead atoms. The summed E-state index contributed by atoms with van der Waals surface area (Å²) in [4.78, 5) is 4.48. The highest BCUT2D eigenvalue weighted by Crippen LogP contribution is 2.30. The molecule has 2 heterocycles. The standard InChI is InChI=1S/C16H13N3/c1-18-10-16(17-11-18)19-14-8-4-2-6-12(14)13-7-3-5-9-15(13)19/h2-11H,1H3. The summed E-state index contributed by atoms with van der Waals surface area (Å²) in [5.41, 5.74) is 2.39. The molecular formula is C16H13N3. The summed E-state index contributed by atoms with van der Waals surface area (Å²) in [6, 6.07) is 16.9. The van der Waals surface area contributed by atoms with Gasteiger partial charge in [-0.2, -0.15) is 0 Å². The SMILES string of the molecule is Cn1cnc(-n2c3ccccc3c3ccccc32)c1. The van der Waals surface area contributed by atoms with Crippen molar-refractivity contribution in [1.82, 2.24) is 14.1 Å². The van der Waals surface area contributed by atoms with Crippen LogP contribution in [0.25, 0.3) is 27.6 Å². The monoisotopic (exact) mass is 247 g/mol. The number of nitrogens with zero attached hydrogens (tertiary/aromatic N) is 3. The van der Waals surface area contributed by atoms with E-state index >= 15 is 0 Å². The van der Waals surface area contributed by atoms with Crippen LogP contribution in [0.2, 0.25) is 0 Å². The van der Waals surface area contributed by atoms with Gasteiger partial charge in [0.25, 0.3) is 0 Å². The number of aryl methyl sites for hydroxylation is 1. The second kappa shape index (κ2) is 3.72. The minimum Gasteiger partial charge on any atom is -0.338 e. The van der Waals surface area contributed by atoms with Gasteiger partial charge in [-0.3, -0.25) is 4.57 Å². The molecule has 4 aromatic rings. The number of hydrogen-bond donors (Lipinski definition) is 0. The van der Waals surface area contributed by atoms with Crippen LogP contribution in [-0.2, 0) is 7.05 Å². The Morgan fingerprint density at radius 3 is 1.95 bits per heavy atom. The van der Waals surface area contributed by atoms with Gasteiger partial charge in [0.15, 0.2) is 5.82 Å². The molecule has 92 valence electrons. The van der Waals surface area contributed by atoms with E-state index in [-0.39, 0.29) is 0 Å². The van der Waals surface area contributed by atoms with Gasteiger partial charge in [0.1, 0.15) is 0 Å². The molecule has 0 fully saturated rings. The Kier molecular flexibility index (Phi) is 2.03. The lowest BCUT2D eigenvalue weighted by Crippen LogP contribution is -1.93. The van der Waals surface area contributed by atoms with Crippen molar-refractivity contribution in [2.45, 2.75) is 0 Å². The Bertz CT molecular complexity index is 830. The third kappa shape index (κ3) is 1.41. The molecule has 2 aromatic carbocycles. The fraction of sp³-hybridized carbons (Fsp3) is 0.0625. The van der Waals surface area contributed by atoms with Crippen LogP contribution in [0, 0.1) is 0 Å². The molecule has 4 rings (SSSR count). The summed E-state index contributed by atoms with van der Waals surface area (Å²) in [5.74, 6) is 0.958. The number of hydrogen-bond acceptors (Lipinski definition) is 1. The molecule has 2 aromatic heterocycles. The van der Waals surface area contributed by atoms with Crippen LogP contribution in [-0.4, -0.2) is 14.1 Å². The normalized spacial score (nSPS) is 11.4. The van der Waals surface area contributed by atoms with Gasteiger partial charge in [-0.1, -0.05) is 36.4 Å². The van der Waals surface area contributed by atoms with Crippen LogP contribution in [0.4, 0.5) is 0 Å². The molecule has 3 heteroatoms. The van der Waals surface area contributed by atoms with Crippen molar-refractivity contribution >= 4 is 21.8 Å². The van der Waals surface area contributed by atoms with E-state index in [4.69, 9.17) is 0 Å². The third-order valence-corrected chi connectivity index (χ3v) is 3.50. The Morgan fingerprint density at radius 2 is 1.42 bits per heavy atom. The zero-order valence-corrected chi connectivity index (χ0v) is 10.6. The number of rotatable bonds is 1. The first-order valence-electron chi connectivity index (χ1n) is 6.31. The summed E-state index contributed by atoms with van der Waals surface area (Å²) in [5, 5.41) is 2.53.